The van der Waals surface area contributed by atoms with Crippen LogP contribution in [0.4, 0.5) is 0 Å². The maximum atomic E-state index is 12.9. The monoisotopic (exact) mass is 965 g/mol. The highest BCUT2D eigenvalue weighted by molar-refractivity contribution is 7.45. The molecule has 2 N–H and O–H groups in total. The van der Waals surface area contributed by atoms with Gasteiger partial charge in [0.15, 0.2) is 0 Å². The Hall–Kier alpha value is -3.10. The highest BCUT2D eigenvalue weighted by Crippen LogP contribution is 2.38. The van der Waals surface area contributed by atoms with Gasteiger partial charge < -0.3 is 28.8 Å². The number of unbranched alkanes of at least 4 members (excludes halogenated alkanes) is 16. The van der Waals surface area contributed by atoms with Crippen molar-refractivity contribution >= 4 is 13.7 Å². The molecule has 0 aliphatic heterocycles. The lowest BCUT2D eigenvalue weighted by Gasteiger charge is -2.29. The number of carbonyl (C=O) groups is 1. The quantitative estimate of drug-likeness (QED) is 0.0272. The van der Waals surface area contributed by atoms with Crippen molar-refractivity contribution in [1.82, 2.24) is 5.32 Å². The molecule has 68 heavy (non-hydrogen) atoms. The summed E-state index contributed by atoms with van der Waals surface area (Å²) in [6.07, 6.45) is 72.6. The van der Waals surface area contributed by atoms with Crippen LogP contribution >= 0.6 is 7.82 Å². The normalized spacial score (nSPS) is 15.0. The molecule has 8 nitrogen and oxygen atoms in total. The Labute approximate surface area is 418 Å². The molecule has 0 spiro atoms. The van der Waals surface area contributed by atoms with Crippen molar-refractivity contribution in [3.8, 4) is 0 Å². The molecule has 0 aromatic heterocycles. The summed E-state index contributed by atoms with van der Waals surface area (Å²) in [7, 11) is 1.20. The van der Waals surface area contributed by atoms with Crippen LogP contribution in [0.25, 0.3) is 0 Å². The van der Waals surface area contributed by atoms with Crippen molar-refractivity contribution in [2.75, 3.05) is 40.9 Å². The van der Waals surface area contributed by atoms with Crippen LogP contribution in [0.1, 0.15) is 194 Å². The van der Waals surface area contributed by atoms with E-state index in [0.29, 0.717) is 17.4 Å². The first-order chi connectivity index (χ1) is 33.0. The van der Waals surface area contributed by atoms with Crippen LogP contribution in [0.5, 0.6) is 0 Å². The summed E-state index contributed by atoms with van der Waals surface area (Å²) < 4.78 is 23.3. The molecule has 388 valence electrons. The van der Waals surface area contributed by atoms with Crippen molar-refractivity contribution < 1.29 is 32.9 Å². The van der Waals surface area contributed by atoms with Gasteiger partial charge >= 0.3 is 0 Å². The van der Waals surface area contributed by atoms with Gasteiger partial charge in [-0.15, -0.1) is 0 Å². The maximum Gasteiger partial charge on any atom is 0.268 e. The molecule has 0 saturated heterocycles. The van der Waals surface area contributed by atoms with Gasteiger partial charge in [0.2, 0.25) is 5.91 Å². The Morgan fingerprint density at radius 1 is 0.529 bits per heavy atom. The molecule has 1 amide bonds. The number of aliphatic hydroxyl groups is 1. The Morgan fingerprint density at radius 3 is 1.37 bits per heavy atom. The average Bonchev–Trinajstić information content (AvgIpc) is 3.30. The van der Waals surface area contributed by atoms with E-state index in [1.54, 1.807) is 6.08 Å². The minimum absolute atomic E-state index is 0.0203. The molecule has 0 fully saturated rings. The summed E-state index contributed by atoms with van der Waals surface area (Å²) >= 11 is 0. The maximum absolute atomic E-state index is 12.9. The van der Waals surface area contributed by atoms with Crippen LogP contribution in [-0.4, -0.2) is 68.5 Å². The van der Waals surface area contributed by atoms with Crippen LogP contribution in [0.2, 0.25) is 0 Å². The van der Waals surface area contributed by atoms with Gasteiger partial charge in [0.1, 0.15) is 13.2 Å². The topological polar surface area (TPSA) is 108 Å². The molecule has 0 bridgehead atoms. The number of quaternary nitrogens is 1. The predicted octanol–water partition coefficient (Wildman–Crippen LogP) is 15.6. The Bertz CT molecular complexity index is 1510. The van der Waals surface area contributed by atoms with Crippen molar-refractivity contribution in [3.63, 3.8) is 0 Å². The molecule has 0 aliphatic carbocycles. The zero-order chi connectivity index (χ0) is 49.9. The van der Waals surface area contributed by atoms with Gasteiger partial charge in [0, 0.05) is 6.42 Å². The minimum atomic E-state index is -4.62. The average molecular weight is 965 g/mol. The second-order valence-corrected chi connectivity index (χ2v) is 20.2. The second kappa shape index (κ2) is 48.9. The first kappa shape index (κ1) is 64.9. The predicted molar refractivity (Wildman–Crippen MR) is 292 cm³/mol. The highest BCUT2D eigenvalue weighted by atomic mass is 31.2. The third-order valence-electron chi connectivity index (χ3n) is 11.1. The van der Waals surface area contributed by atoms with E-state index in [0.717, 1.165) is 109 Å². The fourth-order valence-corrected chi connectivity index (χ4v) is 7.65. The van der Waals surface area contributed by atoms with Crippen LogP contribution in [-0.2, 0) is 18.4 Å². The Balaban J connectivity index is 4.42. The molecule has 3 unspecified atom stereocenters. The fourth-order valence-electron chi connectivity index (χ4n) is 6.93. The number of rotatable bonds is 47. The Morgan fingerprint density at radius 2 is 0.912 bits per heavy atom. The highest BCUT2D eigenvalue weighted by Gasteiger charge is 2.23. The number of nitrogens with one attached hydrogen (secondary N) is 1. The molecule has 0 rings (SSSR count). The second-order valence-electron chi connectivity index (χ2n) is 18.8. The van der Waals surface area contributed by atoms with E-state index in [2.05, 4.69) is 129 Å². The third-order valence-corrected chi connectivity index (χ3v) is 12.1. The molecule has 0 aliphatic rings. The number of likely N-dealkylation sites (N-methyl/N-ethyl adjacent to an activating group) is 1. The van der Waals surface area contributed by atoms with Gasteiger partial charge in [-0.1, -0.05) is 206 Å². The lowest BCUT2D eigenvalue weighted by Crippen LogP contribution is -2.45. The number of hydrogen-bond acceptors (Lipinski definition) is 6. The van der Waals surface area contributed by atoms with E-state index < -0.39 is 26.6 Å². The number of allylic oxidation sites excluding steroid dienone is 19. The van der Waals surface area contributed by atoms with Gasteiger partial charge in [-0.25, -0.2) is 0 Å². The largest absolute Gasteiger partial charge is 0.756 e. The fraction of sp³-hybridized carbons (Fsp3) is 0.644. The SMILES string of the molecule is CC/C=C\C/C=C\C/C=C\C/C=C\C/C=C\C/C=C\C/C=C\CCCCCCCC(=O)NC(COP(=O)([O-])OCC[N+](C)(C)C)C(O)/C=C/CC/C=C/CC/C=C/CCCCCCCCCCC. The van der Waals surface area contributed by atoms with Crippen molar-refractivity contribution in [2.45, 2.75) is 206 Å². The van der Waals surface area contributed by atoms with E-state index in [9.17, 15) is 19.4 Å². The van der Waals surface area contributed by atoms with E-state index in [-0.39, 0.29) is 12.5 Å². The minimum Gasteiger partial charge on any atom is -0.756 e. The zero-order valence-corrected chi connectivity index (χ0v) is 44.9. The smallest absolute Gasteiger partial charge is 0.268 e. The van der Waals surface area contributed by atoms with Crippen LogP contribution < -0.4 is 10.2 Å². The summed E-state index contributed by atoms with van der Waals surface area (Å²) in [6, 6.07) is -0.930. The summed E-state index contributed by atoms with van der Waals surface area (Å²) in [5.74, 6) is -0.236. The summed E-state index contributed by atoms with van der Waals surface area (Å²) in [5.41, 5.74) is 0. The van der Waals surface area contributed by atoms with Crippen LogP contribution in [0, 0.1) is 0 Å². The zero-order valence-electron chi connectivity index (χ0n) is 44.0. The molecular formula is C59H101N2O6P. The van der Waals surface area contributed by atoms with Crippen molar-refractivity contribution in [3.05, 3.63) is 122 Å². The van der Waals surface area contributed by atoms with Gasteiger partial charge in [0.05, 0.1) is 39.9 Å². The first-order valence-electron chi connectivity index (χ1n) is 26.9. The number of carbonyl (C=O) groups excluding carboxylic acids is 1. The summed E-state index contributed by atoms with van der Waals surface area (Å²) in [4.78, 5) is 25.4. The summed E-state index contributed by atoms with van der Waals surface area (Å²) in [6.45, 7) is 4.47. The van der Waals surface area contributed by atoms with E-state index in [4.69, 9.17) is 9.05 Å². The number of amides is 1. The van der Waals surface area contributed by atoms with Gasteiger partial charge in [-0.3, -0.25) is 9.36 Å². The van der Waals surface area contributed by atoms with Gasteiger partial charge in [0.25, 0.3) is 7.82 Å². The van der Waals surface area contributed by atoms with Gasteiger partial charge in [-0.2, -0.15) is 0 Å². The lowest BCUT2D eigenvalue weighted by molar-refractivity contribution is -0.870. The molecular weight excluding hydrogens is 864 g/mol. The number of nitrogens with zero attached hydrogens (tertiary/aromatic N) is 1. The number of aliphatic hydroxyl groups excluding tert-OH is 1. The molecule has 0 aromatic rings. The van der Waals surface area contributed by atoms with Crippen LogP contribution in [0.3, 0.4) is 0 Å². The van der Waals surface area contributed by atoms with Crippen molar-refractivity contribution in [1.29, 1.82) is 0 Å². The van der Waals surface area contributed by atoms with E-state index in [1.807, 2.05) is 27.2 Å². The van der Waals surface area contributed by atoms with Gasteiger partial charge in [-0.05, 0) is 103 Å². The molecule has 3 atom stereocenters. The number of hydrogen-bond donors (Lipinski definition) is 2. The third kappa shape index (κ3) is 50.8. The van der Waals surface area contributed by atoms with E-state index in [1.165, 1.54) is 64.2 Å². The van der Waals surface area contributed by atoms with E-state index >= 15 is 0 Å². The standard InChI is InChI=1S/C59H101N2O6P/c1-6-8-10-12-14-16-18-20-22-24-26-27-28-29-30-31-32-33-35-37-39-41-43-45-47-49-51-53-59(63)60-57(56-67-68(64,65)66-55-54-61(3,4)5)58(62)52-50-48-46-44-42-40-38-36-34-25-23-21-19-17-15-13-11-9-7-2/h8,10,14,16,20,22,26-27,29-30,32-34,36-37,39,42,44,50,52,57-58,62H,6-7,9,11-13,15,17-19,21,23-25,28,31,35,38,40-41,43,45-49,51,53-56H2,1-5H3,(H-,60,63,64,65)/b10-8-,16-14-,22-20-,27-26-,30-29-,33-32-,36-34+,39-37-,44-42+,52-50+. The molecule has 0 heterocycles. The number of phosphoric acid groups is 1. The molecule has 0 aromatic carbocycles. The van der Waals surface area contributed by atoms with Crippen molar-refractivity contribution in [2.24, 2.45) is 0 Å². The Kier molecular flexibility index (Phi) is 46.7. The lowest BCUT2D eigenvalue weighted by atomic mass is 10.1. The molecule has 0 saturated carbocycles. The first-order valence-corrected chi connectivity index (χ1v) is 28.4. The molecule has 0 radical (unpaired) electrons. The molecule has 9 heteroatoms. The van der Waals surface area contributed by atoms with Crippen LogP contribution in [0.15, 0.2) is 122 Å². The number of phosphoric ester groups is 1. The summed E-state index contributed by atoms with van der Waals surface area (Å²) in [5, 5.41) is 13.8.